The summed E-state index contributed by atoms with van der Waals surface area (Å²) in [4.78, 5) is 27.3. The summed E-state index contributed by atoms with van der Waals surface area (Å²) in [6, 6.07) is 9.50. The standard InChI is InChI=1S/C23H27Cl3N2O3/c1-5-15(3)27-23(30)16(4)28(12-17-6-7-18(24)11-21(17)26)22(29)13-31-19-8-9-20(25)14(2)10-19/h6-11,15-16H,5,12-13H2,1-4H3,(H,27,30)/t15-,16-/m1/s1. The smallest absolute Gasteiger partial charge is 0.261 e. The number of nitrogens with one attached hydrogen (secondary N) is 1. The number of carbonyl (C=O) groups is 2. The van der Waals surface area contributed by atoms with E-state index in [9.17, 15) is 9.59 Å². The van der Waals surface area contributed by atoms with Gasteiger partial charge in [0.05, 0.1) is 0 Å². The molecule has 8 heteroatoms. The van der Waals surface area contributed by atoms with E-state index >= 15 is 0 Å². The highest BCUT2D eigenvalue weighted by Crippen LogP contribution is 2.24. The van der Waals surface area contributed by atoms with Gasteiger partial charge in [0, 0.05) is 27.7 Å². The quantitative estimate of drug-likeness (QED) is 0.498. The molecule has 0 aliphatic carbocycles. The number of nitrogens with zero attached hydrogens (tertiary/aromatic N) is 1. The van der Waals surface area contributed by atoms with Gasteiger partial charge in [0.15, 0.2) is 6.61 Å². The second kappa shape index (κ2) is 11.6. The van der Waals surface area contributed by atoms with Gasteiger partial charge in [0.1, 0.15) is 11.8 Å². The summed E-state index contributed by atoms with van der Waals surface area (Å²) in [6.07, 6.45) is 0.786. The third kappa shape index (κ3) is 7.30. The van der Waals surface area contributed by atoms with E-state index < -0.39 is 6.04 Å². The van der Waals surface area contributed by atoms with Crippen LogP contribution in [0.4, 0.5) is 0 Å². The van der Waals surface area contributed by atoms with E-state index in [1.165, 1.54) is 4.90 Å². The van der Waals surface area contributed by atoms with Crippen LogP contribution in [0.25, 0.3) is 0 Å². The highest BCUT2D eigenvalue weighted by atomic mass is 35.5. The molecule has 0 saturated carbocycles. The molecule has 5 nitrogen and oxygen atoms in total. The fourth-order valence-electron chi connectivity index (χ4n) is 2.82. The molecule has 2 aromatic carbocycles. The lowest BCUT2D eigenvalue weighted by Crippen LogP contribution is -2.50. The van der Waals surface area contributed by atoms with Crippen LogP contribution in [-0.4, -0.2) is 35.4 Å². The molecule has 0 heterocycles. The normalized spacial score (nSPS) is 12.7. The molecule has 0 aromatic heterocycles. The number of amides is 2. The molecule has 168 valence electrons. The second-order valence-electron chi connectivity index (χ2n) is 7.45. The minimum atomic E-state index is -0.719. The molecule has 2 amide bonds. The van der Waals surface area contributed by atoms with Gasteiger partial charge < -0.3 is 15.0 Å². The molecule has 0 aliphatic heterocycles. The zero-order valence-electron chi connectivity index (χ0n) is 18.0. The Morgan fingerprint density at radius 2 is 1.77 bits per heavy atom. The number of benzene rings is 2. The Balaban J connectivity index is 2.21. The highest BCUT2D eigenvalue weighted by molar-refractivity contribution is 6.35. The van der Waals surface area contributed by atoms with E-state index in [1.807, 2.05) is 20.8 Å². The van der Waals surface area contributed by atoms with Crippen LogP contribution in [0, 0.1) is 6.92 Å². The number of halogens is 3. The van der Waals surface area contributed by atoms with Crippen molar-refractivity contribution < 1.29 is 14.3 Å². The van der Waals surface area contributed by atoms with Crippen LogP contribution in [0.5, 0.6) is 5.75 Å². The summed E-state index contributed by atoms with van der Waals surface area (Å²) >= 11 is 18.3. The third-order valence-electron chi connectivity index (χ3n) is 5.02. The molecule has 0 saturated heterocycles. The monoisotopic (exact) mass is 484 g/mol. The average Bonchev–Trinajstić information content (AvgIpc) is 2.73. The van der Waals surface area contributed by atoms with Crippen molar-refractivity contribution in [3.05, 3.63) is 62.6 Å². The lowest BCUT2D eigenvalue weighted by molar-refractivity contribution is -0.142. The molecule has 2 rings (SSSR count). The van der Waals surface area contributed by atoms with Gasteiger partial charge in [0.2, 0.25) is 5.91 Å². The van der Waals surface area contributed by atoms with Crippen LogP contribution in [0.15, 0.2) is 36.4 Å². The molecule has 31 heavy (non-hydrogen) atoms. The first kappa shape index (κ1) is 25.3. The van der Waals surface area contributed by atoms with Crippen LogP contribution >= 0.6 is 34.8 Å². The van der Waals surface area contributed by atoms with Crippen LogP contribution in [0.1, 0.15) is 38.3 Å². The molecule has 0 aliphatic rings. The lowest BCUT2D eigenvalue weighted by atomic mass is 10.1. The van der Waals surface area contributed by atoms with Crippen LogP contribution in [0.3, 0.4) is 0 Å². The zero-order chi connectivity index (χ0) is 23.1. The fourth-order valence-corrected chi connectivity index (χ4v) is 3.40. The number of ether oxygens (including phenoxy) is 1. The highest BCUT2D eigenvalue weighted by Gasteiger charge is 2.27. The molecular weight excluding hydrogens is 459 g/mol. The Morgan fingerprint density at radius 1 is 1.06 bits per heavy atom. The van der Waals surface area contributed by atoms with Crippen LogP contribution < -0.4 is 10.1 Å². The predicted molar refractivity (Wildman–Crippen MR) is 126 cm³/mol. The van der Waals surface area contributed by atoms with Gasteiger partial charge in [0.25, 0.3) is 5.91 Å². The topological polar surface area (TPSA) is 58.6 Å². The van der Waals surface area contributed by atoms with Crippen LogP contribution in [-0.2, 0) is 16.1 Å². The van der Waals surface area contributed by atoms with E-state index in [0.29, 0.717) is 26.4 Å². The first-order valence-electron chi connectivity index (χ1n) is 10.0. The van der Waals surface area contributed by atoms with Crippen molar-refractivity contribution in [1.29, 1.82) is 0 Å². The SMILES string of the molecule is CC[C@@H](C)NC(=O)[C@@H](C)N(Cc1ccc(Cl)cc1Cl)C(=O)COc1ccc(Cl)c(C)c1. The number of rotatable bonds is 9. The first-order chi connectivity index (χ1) is 14.6. The van der Waals surface area contributed by atoms with Gasteiger partial charge in [-0.1, -0.05) is 47.8 Å². The van der Waals surface area contributed by atoms with Gasteiger partial charge >= 0.3 is 0 Å². The van der Waals surface area contributed by atoms with Gasteiger partial charge in [-0.2, -0.15) is 0 Å². The van der Waals surface area contributed by atoms with Gasteiger partial charge in [-0.3, -0.25) is 9.59 Å². The number of carbonyl (C=O) groups excluding carboxylic acids is 2. The Hall–Kier alpha value is -1.95. The molecule has 2 atom stereocenters. The molecule has 0 fully saturated rings. The lowest BCUT2D eigenvalue weighted by Gasteiger charge is -2.30. The maximum Gasteiger partial charge on any atom is 0.261 e. The van der Waals surface area contributed by atoms with Gasteiger partial charge in [-0.15, -0.1) is 0 Å². The van der Waals surface area contributed by atoms with E-state index in [-0.39, 0.29) is 31.0 Å². The maximum atomic E-state index is 13.1. The Morgan fingerprint density at radius 3 is 2.39 bits per heavy atom. The molecule has 0 radical (unpaired) electrons. The summed E-state index contributed by atoms with van der Waals surface area (Å²) in [5.41, 5.74) is 1.53. The molecule has 0 unspecified atom stereocenters. The summed E-state index contributed by atoms with van der Waals surface area (Å²) in [5.74, 6) is -0.0584. The predicted octanol–water partition coefficient (Wildman–Crippen LogP) is 5.67. The van der Waals surface area contributed by atoms with Crippen molar-refractivity contribution in [2.45, 2.75) is 52.7 Å². The van der Waals surface area contributed by atoms with Gasteiger partial charge in [-0.05, 0) is 68.7 Å². The number of hydrogen-bond donors (Lipinski definition) is 1. The Labute approximate surface area is 198 Å². The summed E-state index contributed by atoms with van der Waals surface area (Å²) < 4.78 is 5.67. The van der Waals surface area contributed by atoms with Crippen molar-refractivity contribution in [2.75, 3.05) is 6.61 Å². The summed E-state index contributed by atoms with van der Waals surface area (Å²) in [5, 5.41) is 4.46. The van der Waals surface area contributed by atoms with Gasteiger partial charge in [-0.25, -0.2) is 0 Å². The summed E-state index contributed by atoms with van der Waals surface area (Å²) in [7, 11) is 0. The number of hydrogen-bond acceptors (Lipinski definition) is 3. The van der Waals surface area contributed by atoms with Crippen molar-refractivity contribution in [2.24, 2.45) is 0 Å². The van der Waals surface area contributed by atoms with Crippen molar-refractivity contribution in [3.8, 4) is 5.75 Å². The summed E-state index contributed by atoms with van der Waals surface area (Å²) in [6.45, 7) is 7.35. The maximum absolute atomic E-state index is 13.1. The molecule has 1 N–H and O–H groups in total. The van der Waals surface area contributed by atoms with E-state index in [2.05, 4.69) is 5.32 Å². The van der Waals surface area contributed by atoms with Crippen molar-refractivity contribution in [3.63, 3.8) is 0 Å². The average molecular weight is 486 g/mol. The molecule has 2 aromatic rings. The Kier molecular flexibility index (Phi) is 9.48. The minimum absolute atomic E-state index is 0.000635. The largest absolute Gasteiger partial charge is 0.484 e. The first-order valence-corrected chi connectivity index (χ1v) is 11.2. The molecular formula is C23H27Cl3N2O3. The van der Waals surface area contributed by atoms with Crippen LogP contribution in [0.2, 0.25) is 15.1 Å². The molecule has 0 spiro atoms. The Bertz CT molecular complexity index is 936. The minimum Gasteiger partial charge on any atom is -0.484 e. The second-order valence-corrected chi connectivity index (χ2v) is 8.70. The van der Waals surface area contributed by atoms with E-state index in [1.54, 1.807) is 43.3 Å². The fraction of sp³-hybridized carbons (Fsp3) is 0.391. The zero-order valence-corrected chi connectivity index (χ0v) is 20.3. The third-order valence-corrected chi connectivity index (χ3v) is 6.03. The van der Waals surface area contributed by atoms with E-state index in [4.69, 9.17) is 39.5 Å². The van der Waals surface area contributed by atoms with Crippen molar-refractivity contribution in [1.82, 2.24) is 10.2 Å². The molecule has 0 bridgehead atoms. The number of aryl methyl sites for hydroxylation is 1. The van der Waals surface area contributed by atoms with E-state index in [0.717, 1.165) is 12.0 Å². The van der Waals surface area contributed by atoms with Crippen molar-refractivity contribution >= 4 is 46.6 Å².